The van der Waals surface area contributed by atoms with Crippen molar-refractivity contribution in [3.63, 3.8) is 0 Å². The highest BCUT2D eigenvalue weighted by atomic mass is 35.5. The molecule has 2 aliphatic heterocycles. The van der Waals surface area contributed by atoms with Crippen LogP contribution in [0.3, 0.4) is 0 Å². The van der Waals surface area contributed by atoms with Crippen LogP contribution in [0.1, 0.15) is 37.7 Å². The van der Waals surface area contributed by atoms with Gasteiger partial charge in [0.1, 0.15) is 11.9 Å². The summed E-state index contributed by atoms with van der Waals surface area (Å²) in [7, 11) is 0. The van der Waals surface area contributed by atoms with Crippen LogP contribution in [-0.2, 0) is 16.1 Å². The second-order valence-corrected chi connectivity index (χ2v) is 6.35. The minimum atomic E-state index is -0.357. The lowest BCUT2D eigenvalue weighted by atomic mass is 10.1. The van der Waals surface area contributed by atoms with Gasteiger partial charge in [-0.1, -0.05) is 6.07 Å². The molecule has 1 aromatic rings. The van der Waals surface area contributed by atoms with E-state index in [1.807, 2.05) is 18.3 Å². The van der Waals surface area contributed by atoms with Gasteiger partial charge in [0, 0.05) is 32.4 Å². The Kier molecular flexibility index (Phi) is 9.50. The zero-order valence-corrected chi connectivity index (χ0v) is 16.0. The van der Waals surface area contributed by atoms with Crippen LogP contribution in [0.2, 0.25) is 0 Å². The molecule has 25 heavy (non-hydrogen) atoms. The molecule has 2 fully saturated rings. The van der Waals surface area contributed by atoms with Crippen molar-refractivity contribution in [2.75, 3.05) is 24.5 Å². The van der Waals surface area contributed by atoms with E-state index in [1.165, 1.54) is 19.3 Å². The van der Waals surface area contributed by atoms with E-state index in [0.717, 1.165) is 37.3 Å². The molecule has 6 nitrogen and oxygen atoms in total. The summed E-state index contributed by atoms with van der Waals surface area (Å²) in [5.74, 6) is 0.978. The number of hydrogen-bond donors (Lipinski definition) is 2. The number of amides is 1. The van der Waals surface area contributed by atoms with Crippen LogP contribution in [0.25, 0.3) is 0 Å². The first kappa shape index (κ1) is 22.0. The number of nitrogens with one attached hydrogen (secondary N) is 1. The number of anilines is 1. The molecule has 1 aromatic heterocycles. The van der Waals surface area contributed by atoms with Gasteiger partial charge in [0.05, 0.1) is 6.10 Å². The van der Waals surface area contributed by atoms with Crippen molar-refractivity contribution in [1.82, 2.24) is 10.3 Å². The topological polar surface area (TPSA) is 80.5 Å². The predicted molar refractivity (Wildman–Crippen MR) is 104 cm³/mol. The fourth-order valence-corrected chi connectivity index (χ4v) is 3.21. The third kappa shape index (κ3) is 5.99. The highest BCUT2D eigenvalue weighted by Crippen LogP contribution is 2.19. The molecule has 0 radical (unpaired) electrons. The van der Waals surface area contributed by atoms with Gasteiger partial charge in [-0.15, -0.1) is 24.8 Å². The summed E-state index contributed by atoms with van der Waals surface area (Å²) < 4.78 is 5.60. The predicted octanol–water partition coefficient (Wildman–Crippen LogP) is 2.04. The molecule has 3 heterocycles. The second kappa shape index (κ2) is 10.8. The molecule has 8 heteroatoms. The number of hydrogen-bond acceptors (Lipinski definition) is 5. The molecule has 0 unspecified atom stereocenters. The van der Waals surface area contributed by atoms with Gasteiger partial charge in [0.2, 0.25) is 5.91 Å². The Bertz CT molecular complexity index is 524. The fraction of sp³-hybridized carbons (Fsp3) is 0.647. The van der Waals surface area contributed by atoms with E-state index in [-0.39, 0.29) is 42.9 Å². The second-order valence-electron chi connectivity index (χ2n) is 6.35. The molecule has 2 saturated heterocycles. The number of rotatable bonds is 5. The summed E-state index contributed by atoms with van der Waals surface area (Å²) in [6.45, 7) is 3.14. The number of halogens is 2. The maximum Gasteiger partial charge on any atom is 0.249 e. The SMILES string of the molecule is Cl.Cl.NC[C@H]1CC[C@@H](C(=O)NCc2ccc(N3CCCCC3)nc2)O1. The number of aromatic nitrogens is 1. The minimum Gasteiger partial charge on any atom is -0.364 e. The third-order valence-electron chi connectivity index (χ3n) is 4.62. The van der Waals surface area contributed by atoms with Crippen molar-refractivity contribution in [3.8, 4) is 0 Å². The highest BCUT2D eigenvalue weighted by molar-refractivity contribution is 5.85. The number of pyridine rings is 1. The van der Waals surface area contributed by atoms with Gasteiger partial charge >= 0.3 is 0 Å². The van der Waals surface area contributed by atoms with Crippen LogP contribution < -0.4 is 16.0 Å². The Morgan fingerprint density at radius 1 is 1.24 bits per heavy atom. The van der Waals surface area contributed by atoms with Crippen LogP contribution in [0.5, 0.6) is 0 Å². The highest BCUT2D eigenvalue weighted by Gasteiger charge is 2.29. The molecule has 0 aromatic carbocycles. The number of nitrogens with zero attached hydrogens (tertiary/aromatic N) is 2. The average molecular weight is 391 g/mol. The third-order valence-corrected chi connectivity index (χ3v) is 4.62. The van der Waals surface area contributed by atoms with E-state index < -0.39 is 0 Å². The molecular formula is C17H28Cl2N4O2. The van der Waals surface area contributed by atoms with Gasteiger partial charge in [0.15, 0.2) is 0 Å². The van der Waals surface area contributed by atoms with E-state index in [4.69, 9.17) is 10.5 Å². The van der Waals surface area contributed by atoms with E-state index in [1.54, 1.807) is 0 Å². The summed E-state index contributed by atoms with van der Waals surface area (Å²) >= 11 is 0. The quantitative estimate of drug-likeness (QED) is 0.803. The molecule has 0 spiro atoms. The normalized spacial score (nSPS) is 22.7. The maximum absolute atomic E-state index is 12.1. The lowest BCUT2D eigenvalue weighted by molar-refractivity contribution is -0.132. The van der Waals surface area contributed by atoms with Crippen molar-refractivity contribution < 1.29 is 9.53 Å². The van der Waals surface area contributed by atoms with Crippen molar-refractivity contribution in [2.45, 2.75) is 50.9 Å². The van der Waals surface area contributed by atoms with Gasteiger partial charge < -0.3 is 20.7 Å². The van der Waals surface area contributed by atoms with E-state index >= 15 is 0 Å². The Balaban J connectivity index is 0.00000156. The fourth-order valence-electron chi connectivity index (χ4n) is 3.21. The molecule has 0 bridgehead atoms. The largest absolute Gasteiger partial charge is 0.364 e. The first-order valence-corrected chi connectivity index (χ1v) is 8.59. The van der Waals surface area contributed by atoms with Gasteiger partial charge in [-0.2, -0.15) is 0 Å². The van der Waals surface area contributed by atoms with E-state index in [9.17, 15) is 4.79 Å². The smallest absolute Gasteiger partial charge is 0.249 e. The lowest BCUT2D eigenvalue weighted by Gasteiger charge is -2.27. The standard InChI is InChI=1S/C17H26N4O2.2ClH/c18-10-14-5-6-15(23-14)17(22)20-12-13-4-7-16(19-11-13)21-8-2-1-3-9-21;;/h4,7,11,14-15H,1-3,5-6,8-10,12,18H2,(H,20,22);2*1H/t14-,15+;;/m1../s1. The van der Waals surface area contributed by atoms with Crippen molar-refractivity contribution in [2.24, 2.45) is 5.73 Å². The number of piperidine rings is 1. The number of nitrogens with two attached hydrogens (primary N) is 1. The van der Waals surface area contributed by atoms with Crippen LogP contribution in [0.4, 0.5) is 5.82 Å². The summed E-state index contributed by atoms with van der Waals surface area (Å²) in [4.78, 5) is 18.9. The van der Waals surface area contributed by atoms with Gasteiger partial charge in [0.25, 0.3) is 0 Å². The average Bonchev–Trinajstić information content (AvgIpc) is 3.10. The summed E-state index contributed by atoms with van der Waals surface area (Å²) in [6, 6.07) is 4.08. The summed E-state index contributed by atoms with van der Waals surface area (Å²) in [6.07, 6.45) is 6.92. The Hall–Kier alpha value is -1.08. The van der Waals surface area contributed by atoms with Crippen LogP contribution in [0.15, 0.2) is 18.3 Å². The zero-order chi connectivity index (χ0) is 16.1. The Morgan fingerprint density at radius 2 is 2.00 bits per heavy atom. The van der Waals surface area contributed by atoms with Crippen molar-refractivity contribution in [1.29, 1.82) is 0 Å². The Labute approximate surface area is 161 Å². The molecule has 0 saturated carbocycles. The lowest BCUT2D eigenvalue weighted by Crippen LogP contribution is -2.35. The first-order valence-electron chi connectivity index (χ1n) is 8.59. The molecule has 3 N–H and O–H groups in total. The molecular weight excluding hydrogens is 363 g/mol. The van der Waals surface area contributed by atoms with Gasteiger partial charge in [-0.05, 0) is 43.7 Å². The Morgan fingerprint density at radius 3 is 2.60 bits per heavy atom. The number of carbonyl (C=O) groups excluding carboxylic acids is 1. The molecule has 0 aliphatic carbocycles. The van der Waals surface area contributed by atoms with E-state index in [2.05, 4.69) is 15.2 Å². The van der Waals surface area contributed by atoms with Crippen molar-refractivity contribution >= 4 is 36.5 Å². The van der Waals surface area contributed by atoms with E-state index in [0.29, 0.717) is 13.1 Å². The molecule has 3 rings (SSSR count). The summed E-state index contributed by atoms with van der Waals surface area (Å²) in [5, 5.41) is 2.93. The first-order chi connectivity index (χ1) is 11.3. The molecule has 142 valence electrons. The monoisotopic (exact) mass is 390 g/mol. The summed E-state index contributed by atoms with van der Waals surface area (Å²) in [5.41, 5.74) is 6.57. The zero-order valence-electron chi connectivity index (χ0n) is 14.4. The van der Waals surface area contributed by atoms with Crippen LogP contribution >= 0.6 is 24.8 Å². The number of ether oxygens (including phenoxy) is 1. The van der Waals surface area contributed by atoms with Gasteiger partial charge in [-0.25, -0.2) is 4.98 Å². The van der Waals surface area contributed by atoms with Crippen LogP contribution in [0, 0.1) is 0 Å². The molecule has 1 amide bonds. The molecule has 2 atom stereocenters. The molecule has 2 aliphatic rings. The van der Waals surface area contributed by atoms with Crippen molar-refractivity contribution in [3.05, 3.63) is 23.9 Å². The minimum absolute atomic E-state index is 0. The van der Waals surface area contributed by atoms with Gasteiger partial charge in [-0.3, -0.25) is 4.79 Å². The maximum atomic E-state index is 12.1. The number of carbonyl (C=O) groups is 1. The van der Waals surface area contributed by atoms with Crippen LogP contribution in [-0.4, -0.2) is 42.7 Å².